The summed E-state index contributed by atoms with van der Waals surface area (Å²) >= 11 is 0. The number of carbonyl (C=O) groups is 1. The minimum absolute atomic E-state index is 0. The van der Waals surface area contributed by atoms with Crippen molar-refractivity contribution in [1.82, 2.24) is 10.9 Å². The van der Waals surface area contributed by atoms with Crippen molar-refractivity contribution in [1.29, 1.82) is 0 Å². The summed E-state index contributed by atoms with van der Waals surface area (Å²) in [5.41, 5.74) is 6.41. The van der Waals surface area contributed by atoms with E-state index >= 15 is 0 Å². The number of rotatable bonds is 6. The summed E-state index contributed by atoms with van der Waals surface area (Å²) in [4.78, 5) is 10.8. The topological polar surface area (TPSA) is 70.6 Å². The molecule has 1 saturated heterocycles. The fraction of sp³-hybridized carbons (Fsp3) is 0.533. The molecule has 1 aromatic rings. The smallest absolute Gasteiger partial charge is 0.335 e. The van der Waals surface area contributed by atoms with Crippen LogP contribution in [-0.4, -0.2) is 29.8 Å². The number of nitrogens with one attached hydrogen (secondary N) is 2. The van der Waals surface area contributed by atoms with Gasteiger partial charge in [0.05, 0.1) is 12.2 Å². The van der Waals surface area contributed by atoms with E-state index in [-0.39, 0.29) is 23.7 Å². The molecule has 2 unspecified atom stereocenters. The second-order valence-corrected chi connectivity index (χ2v) is 5.47. The molecule has 0 radical (unpaired) electrons. The molecule has 2 rings (SSSR count). The maximum absolute atomic E-state index is 13.5. The van der Waals surface area contributed by atoms with Gasteiger partial charge in [-0.05, 0) is 50.8 Å². The van der Waals surface area contributed by atoms with E-state index in [0.29, 0.717) is 24.6 Å². The summed E-state index contributed by atoms with van der Waals surface area (Å²) in [6.45, 7) is 4.62. The van der Waals surface area contributed by atoms with Crippen LogP contribution in [0.4, 0.5) is 4.39 Å². The van der Waals surface area contributed by atoms with Crippen LogP contribution in [-0.2, 0) is 0 Å². The second kappa shape index (κ2) is 8.31. The zero-order valence-corrected chi connectivity index (χ0v) is 13.5. The molecule has 1 fully saturated rings. The first-order valence-electron chi connectivity index (χ1n) is 7.15. The van der Waals surface area contributed by atoms with Gasteiger partial charge in [-0.1, -0.05) is 0 Å². The second-order valence-electron chi connectivity index (χ2n) is 5.47. The van der Waals surface area contributed by atoms with Gasteiger partial charge in [-0.3, -0.25) is 10.9 Å². The molecule has 124 valence electrons. The Morgan fingerprint density at radius 1 is 1.32 bits per heavy atom. The molecule has 3 N–H and O–H groups in total. The summed E-state index contributed by atoms with van der Waals surface area (Å²) < 4.78 is 18.9. The number of hydrogen-bond acceptors (Lipinski definition) is 4. The Morgan fingerprint density at radius 2 is 1.95 bits per heavy atom. The van der Waals surface area contributed by atoms with Crippen molar-refractivity contribution in [3.8, 4) is 5.75 Å². The lowest BCUT2D eigenvalue weighted by Gasteiger charge is -2.17. The van der Waals surface area contributed by atoms with Crippen LogP contribution < -0.4 is 15.6 Å². The molecule has 22 heavy (non-hydrogen) atoms. The highest BCUT2D eigenvalue weighted by molar-refractivity contribution is 5.88. The first-order valence-corrected chi connectivity index (χ1v) is 7.15. The molecule has 1 aliphatic heterocycles. The number of carboxylic acids is 1. The summed E-state index contributed by atoms with van der Waals surface area (Å²) in [5.74, 6) is -1.13. The number of hydrazine groups is 1. The number of hydrogen-bond donors (Lipinski definition) is 3. The molecule has 1 aromatic carbocycles. The van der Waals surface area contributed by atoms with Gasteiger partial charge in [0, 0.05) is 12.1 Å². The van der Waals surface area contributed by atoms with Crippen molar-refractivity contribution in [2.45, 2.75) is 38.8 Å². The average molecular weight is 333 g/mol. The van der Waals surface area contributed by atoms with E-state index in [0.717, 1.165) is 18.9 Å². The lowest BCUT2D eigenvalue weighted by atomic mass is 9.92. The van der Waals surface area contributed by atoms with Gasteiger partial charge in [0.15, 0.2) is 11.6 Å². The zero-order chi connectivity index (χ0) is 15.4. The number of ether oxygens (including phenoxy) is 1. The van der Waals surface area contributed by atoms with E-state index in [2.05, 4.69) is 24.7 Å². The standard InChI is InChI=1S/C15H21FN2O3.ClH/c1-9-12(10(2)18-17-9)4-3-7-21-14-8-11(15(19)20)5-6-13(14)16;/h5-6,8-10,12,17-18H,3-4,7H2,1-2H3,(H,19,20);1H. The Labute approximate surface area is 135 Å². The predicted molar refractivity (Wildman–Crippen MR) is 84.0 cm³/mol. The Balaban J connectivity index is 0.00000242. The van der Waals surface area contributed by atoms with Crippen molar-refractivity contribution >= 4 is 18.4 Å². The summed E-state index contributed by atoms with van der Waals surface area (Å²) in [6, 6.07) is 4.36. The van der Waals surface area contributed by atoms with Crippen LogP contribution in [0.3, 0.4) is 0 Å². The van der Waals surface area contributed by atoms with Crippen molar-refractivity contribution in [3.63, 3.8) is 0 Å². The zero-order valence-electron chi connectivity index (χ0n) is 12.6. The van der Waals surface area contributed by atoms with Crippen molar-refractivity contribution in [2.75, 3.05) is 6.61 Å². The molecule has 1 aliphatic rings. The maximum Gasteiger partial charge on any atom is 0.335 e. The fourth-order valence-corrected chi connectivity index (χ4v) is 2.66. The van der Waals surface area contributed by atoms with Crippen molar-refractivity contribution in [3.05, 3.63) is 29.6 Å². The third kappa shape index (κ3) is 4.56. The Morgan fingerprint density at radius 3 is 2.55 bits per heavy atom. The van der Waals surface area contributed by atoms with Gasteiger partial charge in [0.2, 0.25) is 0 Å². The largest absolute Gasteiger partial charge is 0.490 e. The Bertz CT molecular complexity index is 506. The Hall–Kier alpha value is -1.37. The predicted octanol–water partition coefficient (Wildman–Crippen LogP) is 2.61. The van der Waals surface area contributed by atoms with Crippen molar-refractivity contribution < 1.29 is 19.0 Å². The normalized spacial score (nSPS) is 23.9. The highest BCUT2D eigenvalue weighted by Crippen LogP contribution is 2.22. The molecule has 0 amide bonds. The van der Waals surface area contributed by atoms with Crippen LogP contribution >= 0.6 is 12.4 Å². The van der Waals surface area contributed by atoms with Crippen LogP contribution in [0.15, 0.2) is 18.2 Å². The van der Waals surface area contributed by atoms with Crippen LogP contribution in [0.25, 0.3) is 0 Å². The minimum Gasteiger partial charge on any atom is -0.490 e. The van der Waals surface area contributed by atoms with E-state index < -0.39 is 11.8 Å². The lowest BCUT2D eigenvalue weighted by Crippen LogP contribution is -2.30. The molecule has 0 bridgehead atoms. The van der Waals surface area contributed by atoms with Crippen LogP contribution in [0.1, 0.15) is 37.0 Å². The van der Waals surface area contributed by atoms with Crippen LogP contribution in [0.5, 0.6) is 5.75 Å². The quantitative estimate of drug-likeness (QED) is 0.699. The maximum atomic E-state index is 13.5. The number of carboxylic acid groups (broad SMARTS) is 1. The number of halogens is 2. The van der Waals surface area contributed by atoms with Gasteiger partial charge in [0.25, 0.3) is 0 Å². The van der Waals surface area contributed by atoms with E-state index in [1.54, 1.807) is 0 Å². The summed E-state index contributed by atoms with van der Waals surface area (Å²) in [7, 11) is 0. The third-order valence-electron chi connectivity index (χ3n) is 3.94. The highest BCUT2D eigenvalue weighted by atomic mass is 35.5. The number of aromatic carboxylic acids is 1. The van der Waals surface area contributed by atoms with Gasteiger partial charge < -0.3 is 9.84 Å². The van der Waals surface area contributed by atoms with Gasteiger partial charge >= 0.3 is 5.97 Å². The molecular formula is C15H22ClFN2O3. The third-order valence-corrected chi connectivity index (χ3v) is 3.94. The molecule has 0 aliphatic carbocycles. The SMILES string of the molecule is CC1NNC(C)C1CCCOc1cc(C(=O)O)ccc1F.Cl. The van der Waals surface area contributed by atoms with E-state index in [1.807, 2.05) is 0 Å². The summed E-state index contributed by atoms with van der Waals surface area (Å²) in [6.07, 6.45) is 1.75. The van der Waals surface area contributed by atoms with E-state index in [4.69, 9.17) is 9.84 Å². The molecule has 1 heterocycles. The Kier molecular flexibility index (Phi) is 7.06. The molecule has 2 atom stereocenters. The fourth-order valence-electron chi connectivity index (χ4n) is 2.66. The summed E-state index contributed by atoms with van der Waals surface area (Å²) in [5, 5.41) is 8.88. The first-order chi connectivity index (χ1) is 9.99. The molecule has 0 spiro atoms. The lowest BCUT2D eigenvalue weighted by molar-refractivity contribution is 0.0696. The molecule has 0 saturated carbocycles. The van der Waals surface area contributed by atoms with Gasteiger partial charge in [0.1, 0.15) is 0 Å². The van der Waals surface area contributed by atoms with Gasteiger partial charge in [-0.15, -0.1) is 12.4 Å². The molecule has 0 aromatic heterocycles. The van der Waals surface area contributed by atoms with Crippen LogP contribution in [0.2, 0.25) is 0 Å². The van der Waals surface area contributed by atoms with E-state index in [1.165, 1.54) is 12.1 Å². The van der Waals surface area contributed by atoms with Gasteiger partial charge in [-0.2, -0.15) is 0 Å². The average Bonchev–Trinajstić information content (AvgIpc) is 2.76. The molecule has 7 heteroatoms. The van der Waals surface area contributed by atoms with E-state index in [9.17, 15) is 9.18 Å². The molecule has 5 nitrogen and oxygen atoms in total. The van der Waals surface area contributed by atoms with Gasteiger partial charge in [-0.25, -0.2) is 9.18 Å². The van der Waals surface area contributed by atoms with Crippen molar-refractivity contribution in [2.24, 2.45) is 5.92 Å². The first kappa shape index (κ1) is 18.7. The number of benzene rings is 1. The monoisotopic (exact) mass is 332 g/mol. The minimum atomic E-state index is -1.09. The van der Waals surface area contributed by atoms with Crippen LogP contribution in [0, 0.1) is 11.7 Å². The molecular weight excluding hydrogens is 311 g/mol. The highest BCUT2D eigenvalue weighted by Gasteiger charge is 2.28.